The van der Waals surface area contributed by atoms with Gasteiger partial charge in [-0.1, -0.05) is 80.6 Å². The number of Topliss-reactive ketones (excluding diaryl/α,β-unsaturated/α-hetero) is 1. The molecule has 2 aliphatic heterocycles. The number of benzene rings is 3. The van der Waals surface area contributed by atoms with E-state index >= 15 is 0 Å². The van der Waals surface area contributed by atoms with Gasteiger partial charge in [-0.15, -0.1) is 0 Å². The van der Waals surface area contributed by atoms with Gasteiger partial charge in [-0.2, -0.15) is 4.98 Å². The van der Waals surface area contributed by atoms with Gasteiger partial charge in [0.15, 0.2) is 12.0 Å². The van der Waals surface area contributed by atoms with Crippen molar-refractivity contribution in [3.8, 4) is 0 Å². The third kappa shape index (κ3) is 5.45. The van der Waals surface area contributed by atoms with Crippen LogP contribution in [0.3, 0.4) is 0 Å². The van der Waals surface area contributed by atoms with Crippen LogP contribution in [-0.2, 0) is 6.42 Å². The zero-order chi connectivity index (χ0) is 31.1. The fourth-order valence-corrected chi connectivity index (χ4v) is 7.13. The molecule has 2 unspecified atom stereocenters. The number of piperidine rings is 1. The van der Waals surface area contributed by atoms with E-state index in [1.807, 2.05) is 54.6 Å². The summed E-state index contributed by atoms with van der Waals surface area (Å²) in [5, 5.41) is 27.9. The standard InChI is InChI=1S/C37H38N6O2/c1-37(2)21-26-10-6-7-11-29(26)32(44)33(37)43-34-27(20-30(35(43)45)31(38)25-8-4-3-5-9-25)22-40-36(42-34)41-28-14-12-23(13-15-28)24-16-18-39-19-17-24/h3-15,20,22,24,33,35,38-39,45H,16-19,21H2,1-2H3,(H,40,41,42). The Morgan fingerprint density at radius 3 is 2.47 bits per heavy atom. The van der Waals surface area contributed by atoms with Crippen LogP contribution in [0.1, 0.15) is 65.2 Å². The summed E-state index contributed by atoms with van der Waals surface area (Å²) in [5.74, 6) is 1.33. The summed E-state index contributed by atoms with van der Waals surface area (Å²) in [4.78, 5) is 25.5. The Hall–Kier alpha value is -4.66. The van der Waals surface area contributed by atoms with Crippen LogP contribution in [0.5, 0.6) is 0 Å². The molecule has 0 bridgehead atoms. The van der Waals surface area contributed by atoms with Crippen molar-refractivity contribution in [2.45, 2.75) is 51.3 Å². The molecule has 45 heavy (non-hydrogen) atoms. The van der Waals surface area contributed by atoms with Crippen LogP contribution in [0.2, 0.25) is 0 Å². The molecule has 1 fully saturated rings. The van der Waals surface area contributed by atoms with E-state index in [1.54, 1.807) is 17.2 Å². The van der Waals surface area contributed by atoms with E-state index in [1.165, 1.54) is 5.56 Å². The number of aromatic nitrogens is 2. The normalized spacial score (nSPS) is 21.0. The van der Waals surface area contributed by atoms with Crippen LogP contribution in [0.15, 0.2) is 90.6 Å². The van der Waals surface area contributed by atoms with Crippen molar-refractivity contribution in [2.24, 2.45) is 5.41 Å². The zero-order valence-corrected chi connectivity index (χ0v) is 25.6. The predicted octanol–water partition coefficient (Wildman–Crippen LogP) is 6.11. The Kier molecular flexibility index (Phi) is 7.55. The molecule has 1 aliphatic carbocycles. The molecule has 3 aliphatic rings. The lowest BCUT2D eigenvalue weighted by atomic mass is 9.68. The van der Waals surface area contributed by atoms with Gasteiger partial charge in [-0.3, -0.25) is 10.2 Å². The SMILES string of the molecule is CC1(C)Cc2ccccc2C(=O)C1N1c2nc(Nc3ccc(C4CCNCC4)cc3)ncc2C=C(C(=N)c2ccccc2)C1O. The monoisotopic (exact) mass is 598 g/mol. The second kappa shape index (κ2) is 11.7. The van der Waals surface area contributed by atoms with Crippen LogP contribution in [0, 0.1) is 10.8 Å². The van der Waals surface area contributed by atoms with E-state index in [4.69, 9.17) is 10.4 Å². The fraction of sp³-hybridized carbons (Fsp3) is 0.297. The molecular formula is C37H38N6O2. The maximum absolute atomic E-state index is 14.3. The van der Waals surface area contributed by atoms with Gasteiger partial charge in [-0.25, -0.2) is 4.98 Å². The minimum atomic E-state index is -1.27. The first-order valence-electron chi connectivity index (χ1n) is 15.7. The Morgan fingerprint density at radius 1 is 1.00 bits per heavy atom. The molecule has 1 saturated heterocycles. The molecule has 7 rings (SSSR count). The maximum atomic E-state index is 14.3. The van der Waals surface area contributed by atoms with Crippen molar-refractivity contribution in [3.63, 3.8) is 0 Å². The first-order valence-corrected chi connectivity index (χ1v) is 15.7. The topological polar surface area (TPSA) is 114 Å². The number of nitrogens with zero attached hydrogens (tertiary/aromatic N) is 3. The summed E-state index contributed by atoms with van der Waals surface area (Å²) in [6.45, 7) is 6.21. The molecule has 4 N–H and O–H groups in total. The zero-order valence-electron chi connectivity index (χ0n) is 25.6. The fourth-order valence-electron chi connectivity index (χ4n) is 7.13. The second-order valence-electron chi connectivity index (χ2n) is 13.0. The Labute approximate surface area is 263 Å². The minimum Gasteiger partial charge on any atom is -0.369 e. The molecule has 0 radical (unpaired) electrons. The van der Waals surface area contributed by atoms with Crippen LogP contribution < -0.4 is 15.5 Å². The van der Waals surface area contributed by atoms with Crippen LogP contribution in [0.25, 0.3) is 6.08 Å². The molecular weight excluding hydrogens is 560 g/mol. The molecule has 3 aromatic carbocycles. The highest BCUT2D eigenvalue weighted by molar-refractivity contribution is 6.15. The molecule has 3 heterocycles. The lowest BCUT2D eigenvalue weighted by Crippen LogP contribution is -2.59. The summed E-state index contributed by atoms with van der Waals surface area (Å²) in [6.07, 6.45) is 5.15. The third-order valence-electron chi connectivity index (χ3n) is 9.42. The molecule has 8 heteroatoms. The van der Waals surface area contributed by atoms with Crippen LogP contribution in [-0.4, -0.2) is 51.9 Å². The average molecular weight is 599 g/mol. The number of nitrogens with one attached hydrogen (secondary N) is 3. The van der Waals surface area contributed by atoms with Crippen molar-refractivity contribution in [2.75, 3.05) is 23.3 Å². The summed E-state index contributed by atoms with van der Waals surface area (Å²) in [6, 6.07) is 24.7. The number of rotatable bonds is 6. The number of carbonyl (C=O) groups is 1. The van der Waals surface area contributed by atoms with Gasteiger partial charge in [-0.05, 0) is 78.6 Å². The van der Waals surface area contributed by atoms with E-state index in [0.717, 1.165) is 37.2 Å². The van der Waals surface area contributed by atoms with Gasteiger partial charge in [0.2, 0.25) is 5.95 Å². The molecule has 0 spiro atoms. The molecule has 228 valence electrons. The highest BCUT2D eigenvalue weighted by Gasteiger charge is 2.49. The number of ketones is 1. The van der Waals surface area contributed by atoms with E-state index < -0.39 is 17.7 Å². The van der Waals surface area contributed by atoms with Gasteiger partial charge in [0.25, 0.3) is 0 Å². The molecule has 0 amide bonds. The predicted molar refractivity (Wildman–Crippen MR) is 178 cm³/mol. The van der Waals surface area contributed by atoms with E-state index in [0.29, 0.717) is 46.4 Å². The highest BCUT2D eigenvalue weighted by Crippen LogP contribution is 2.44. The summed E-state index contributed by atoms with van der Waals surface area (Å²) in [7, 11) is 0. The second-order valence-corrected chi connectivity index (χ2v) is 13.0. The Balaban J connectivity index is 1.28. The van der Waals surface area contributed by atoms with Gasteiger partial charge < -0.3 is 20.6 Å². The van der Waals surface area contributed by atoms with Crippen LogP contribution >= 0.6 is 0 Å². The number of fused-ring (bicyclic) bond motifs is 2. The van der Waals surface area contributed by atoms with Gasteiger partial charge in [0.05, 0.1) is 5.71 Å². The Bertz CT molecular complexity index is 1780. The van der Waals surface area contributed by atoms with E-state index in [2.05, 4.69) is 53.7 Å². The van der Waals surface area contributed by atoms with Crippen molar-refractivity contribution in [1.29, 1.82) is 5.41 Å². The number of anilines is 3. The minimum absolute atomic E-state index is 0.0686. The lowest BCUT2D eigenvalue weighted by Gasteiger charge is -2.48. The molecule has 1 aromatic heterocycles. The van der Waals surface area contributed by atoms with E-state index in [-0.39, 0.29) is 11.5 Å². The first kappa shape index (κ1) is 29.1. The summed E-state index contributed by atoms with van der Waals surface area (Å²) >= 11 is 0. The van der Waals surface area contributed by atoms with Crippen molar-refractivity contribution < 1.29 is 9.90 Å². The quantitative estimate of drug-likeness (QED) is 0.198. The highest BCUT2D eigenvalue weighted by atomic mass is 16.3. The maximum Gasteiger partial charge on any atom is 0.229 e. The number of aliphatic hydroxyl groups is 1. The lowest BCUT2D eigenvalue weighted by molar-refractivity contribution is 0.0792. The largest absolute Gasteiger partial charge is 0.369 e. The van der Waals surface area contributed by atoms with Gasteiger partial charge >= 0.3 is 0 Å². The van der Waals surface area contributed by atoms with Gasteiger partial charge in [0.1, 0.15) is 11.9 Å². The Morgan fingerprint density at radius 2 is 1.71 bits per heavy atom. The number of carbonyl (C=O) groups excluding carboxylic acids is 1. The molecule has 4 aromatic rings. The summed E-state index contributed by atoms with van der Waals surface area (Å²) < 4.78 is 0. The van der Waals surface area contributed by atoms with Crippen molar-refractivity contribution in [1.82, 2.24) is 15.3 Å². The number of aliphatic hydroxyl groups excluding tert-OH is 1. The molecule has 2 atom stereocenters. The van der Waals surface area contributed by atoms with Crippen LogP contribution in [0.4, 0.5) is 17.5 Å². The van der Waals surface area contributed by atoms with Crippen molar-refractivity contribution in [3.05, 3.63) is 118 Å². The number of hydrogen-bond acceptors (Lipinski definition) is 8. The van der Waals surface area contributed by atoms with Crippen molar-refractivity contribution >= 4 is 35.0 Å². The van der Waals surface area contributed by atoms with Gasteiger partial charge in [0, 0.05) is 28.6 Å². The summed E-state index contributed by atoms with van der Waals surface area (Å²) in [5.41, 5.74) is 5.23. The molecule has 8 nitrogen and oxygen atoms in total. The third-order valence-corrected chi connectivity index (χ3v) is 9.42. The number of hydrogen-bond donors (Lipinski definition) is 4. The average Bonchev–Trinajstić information content (AvgIpc) is 3.06. The first-order chi connectivity index (χ1) is 21.8. The van der Waals surface area contributed by atoms with E-state index in [9.17, 15) is 9.90 Å². The smallest absolute Gasteiger partial charge is 0.229 e. The molecule has 0 saturated carbocycles.